The molecule has 3 rings (SSSR count). The van der Waals surface area contributed by atoms with Crippen LogP contribution >= 0.6 is 0 Å². The molecule has 2 N–H and O–H groups in total. The fourth-order valence-electron chi connectivity index (χ4n) is 2.70. The standard InChI is InChI=1S/C15H17N5O/c1-17-15-18-13(14(16)21)12-10-19(7-8-20(12)15)9-11-5-3-2-4-6-11/h2-6H,1,7-10H2,(H2,16,21). The summed E-state index contributed by atoms with van der Waals surface area (Å²) in [7, 11) is 0. The Hall–Kier alpha value is -2.47. The summed E-state index contributed by atoms with van der Waals surface area (Å²) in [6.45, 7) is 6.58. The SMILES string of the molecule is C=Nc1nc(C(N)=O)c2n1CCN(Cc1ccccc1)C2. The summed E-state index contributed by atoms with van der Waals surface area (Å²) in [4.78, 5) is 21.9. The second-order valence-corrected chi connectivity index (χ2v) is 5.08. The molecule has 1 aromatic carbocycles. The van der Waals surface area contributed by atoms with Crippen LogP contribution in [-0.2, 0) is 19.6 Å². The fourth-order valence-corrected chi connectivity index (χ4v) is 2.70. The summed E-state index contributed by atoms with van der Waals surface area (Å²) in [5.74, 6) is -0.0478. The molecule has 1 aliphatic heterocycles. The molecule has 0 fully saturated rings. The van der Waals surface area contributed by atoms with E-state index in [4.69, 9.17) is 5.73 Å². The van der Waals surface area contributed by atoms with Gasteiger partial charge in [-0.2, -0.15) is 0 Å². The second kappa shape index (κ2) is 5.49. The van der Waals surface area contributed by atoms with Gasteiger partial charge in [-0.3, -0.25) is 9.69 Å². The highest BCUT2D eigenvalue weighted by Crippen LogP contribution is 2.24. The van der Waals surface area contributed by atoms with E-state index in [9.17, 15) is 4.79 Å². The van der Waals surface area contributed by atoms with Crippen LogP contribution in [0.4, 0.5) is 5.95 Å². The summed E-state index contributed by atoms with van der Waals surface area (Å²) in [5, 5.41) is 0. The van der Waals surface area contributed by atoms with Crippen molar-refractivity contribution in [2.24, 2.45) is 10.7 Å². The molecule has 0 bridgehead atoms. The van der Waals surface area contributed by atoms with Gasteiger partial charge in [-0.1, -0.05) is 30.3 Å². The number of rotatable bonds is 4. The fraction of sp³-hybridized carbons (Fsp3) is 0.267. The van der Waals surface area contributed by atoms with Gasteiger partial charge in [0.1, 0.15) is 0 Å². The van der Waals surface area contributed by atoms with E-state index >= 15 is 0 Å². The molecule has 0 saturated carbocycles. The molecule has 6 nitrogen and oxygen atoms in total. The Morgan fingerprint density at radius 1 is 1.33 bits per heavy atom. The molecule has 0 unspecified atom stereocenters. The Kier molecular flexibility index (Phi) is 3.53. The van der Waals surface area contributed by atoms with Crippen LogP contribution in [0.3, 0.4) is 0 Å². The minimum atomic E-state index is -0.518. The van der Waals surface area contributed by atoms with E-state index in [1.54, 1.807) is 0 Å². The highest BCUT2D eigenvalue weighted by atomic mass is 16.1. The smallest absolute Gasteiger partial charge is 0.269 e. The molecule has 2 heterocycles. The van der Waals surface area contributed by atoms with Crippen LogP contribution in [0.15, 0.2) is 35.3 Å². The molecule has 1 aromatic heterocycles. The van der Waals surface area contributed by atoms with Crippen LogP contribution in [0.5, 0.6) is 0 Å². The zero-order valence-corrected chi connectivity index (χ0v) is 11.7. The molecule has 1 aliphatic rings. The van der Waals surface area contributed by atoms with E-state index in [1.165, 1.54) is 5.56 Å². The molecule has 6 heteroatoms. The van der Waals surface area contributed by atoms with Crippen molar-refractivity contribution < 1.29 is 4.79 Å². The predicted molar refractivity (Wildman–Crippen MR) is 80.5 cm³/mol. The molecule has 21 heavy (non-hydrogen) atoms. The second-order valence-electron chi connectivity index (χ2n) is 5.08. The van der Waals surface area contributed by atoms with Crippen molar-refractivity contribution >= 4 is 18.6 Å². The maximum absolute atomic E-state index is 11.5. The number of amides is 1. The summed E-state index contributed by atoms with van der Waals surface area (Å²) in [6.07, 6.45) is 0. The van der Waals surface area contributed by atoms with Crippen LogP contribution in [0.2, 0.25) is 0 Å². The number of hydrogen-bond donors (Lipinski definition) is 1. The third-order valence-corrected chi connectivity index (χ3v) is 3.69. The molecule has 0 atom stereocenters. The van der Waals surface area contributed by atoms with Gasteiger partial charge < -0.3 is 10.3 Å². The minimum absolute atomic E-state index is 0.301. The van der Waals surface area contributed by atoms with E-state index in [0.717, 1.165) is 25.3 Å². The number of nitrogens with zero attached hydrogens (tertiary/aromatic N) is 4. The van der Waals surface area contributed by atoms with Crippen LogP contribution in [-0.4, -0.2) is 33.6 Å². The zero-order chi connectivity index (χ0) is 14.8. The number of nitrogens with two attached hydrogens (primary N) is 1. The molecule has 108 valence electrons. The lowest BCUT2D eigenvalue weighted by Crippen LogP contribution is -2.34. The number of carbonyl (C=O) groups is 1. The van der Waals surface area contributed by atoms with Gasteiger partial charge >= 0.3 is 0 Å². The number of aliphatic imine (C=N–C) groups is 1. The average molecular weight is 283 g/mol. The topological polar surface area (TPSA) is 76.5 Å². The summed E-state index contributed by atoms with van der Waals surface area (Å²) in [6, 6.07) is 10.2. The number of primary amides is 1. The predicted octanol–water partition coefficient (Wildman–Crippen LogP) is 1.33. The Morgan fingerprint density at radius 2 is 2.10 bits per heavy atom. The Morgan fingerprint density at radius 3 is 2.76 bits per heavy atom. The summed E-state index contributed by atoms with van der Waals surface area (Å²) in [5.41, 5.74) is 7.78. The van der Waals surface area contributed by atoms with E-state index in [0.29, 0.717) is 18.2 Å². The van der Waals surface area contributed by atoms with Crippen molar-refractivity contribution in [3.05, 3.63) is 47.3 Å². The summed E-state index contributed by atoms with van der Waals surface area (Å²) >= 11 is 0. The maximum atomic E-state index is 11.5. The first-order chi connectivity index (χ1) is 10.2. The number of imidazole rings is 1. The molecule has 0 aliphatic carbocycles. The van der Waals surface area contributed by atoms with Gasteiger partial charge in [0.15, 0.2) is 5.69 Å². The van der Waals surface area contributed by atoms with Crippen LogP contribution in [0.1, 0.15) is 21.7 Å². The average Bonchev–Trinajstić information content (AvgIpc) is 2.86. The van der Waals surface area contributed by atoms with Crippen LogP contribution < -0.4 is 5.73 Å². The largest absolute Gasteiger partial charge is 0.364 e. The van der Waals surface area contributed by atoms with Crippen molar-refractivity contribution in [2.45, 2.75) is 19.6 Å². The Balaban J connectivity index is 1.86. The lowest BCUT2D eigenvalue weighted by Gasteiger charge is -2.28. The Bertz CT molecular complexity index is 677. The summed E-state index contributed by atoms with van der Waals surface area (Å²) < 4.78 is 1.93. The van der Waals surface area contributed by atoms with Crippen molar-refractivity contribution in [3.63, 3.8) is 0 Å². The number of hydrogen-bond acceptors (Lipinski definition) is 4. The highest BCUT2D eigenvalue weighted by Gasteiger charge is 2.26. The molecule has 0 saturated heterocycles. The molecule has 2 aromatic rings. The monoisotopic (exact) mass is 283 g/mol. The van der Waals surface area contributed by atoms with Gasteiger partial charge in [-0.25, -0.2) is 9.98 Å². The molecular weight excluding hydrogens is 266 g/mol. The van der Waals surface area contributed by atoms with Gasteiger partial charge in [0.05, 0.1) is 5.69 Å². The third kappa shape index (κ3) is 2.57. The van der Waals surface area contributed by atoms with E-state index in [-0.39, 0.29) is 0 Å². The van der Waals surface area contributed by atoms with Gasteiger partial charge in [0.25, 0.3) is 5.91 Å². The molecular formula is C15H17N5O. The molecule has 0 spiro atoms. The highest BCUT2D eigenvalue weighted by molar-refractivity contribution is 5.92. The molecule has 1 amide bonds. The number of aromatic nitrogens is 2. The van der Waals surface area contributed by atoms with Crippen LogP contribution in [0.25, 0.3) is 0 Å². The maximum Gasteiger partial charge on any atom is 0.269 e. The van der Waals surface area contributed by atoms with E-state index < -0.39 is 5.91 Å². The van der Waals surface area contributed by atoms with Gasteiger partial charge in [0.2, 0.25) is 5.95 Å². The zero-order valence-electron chi connectivity index (χ0n) is 11.7. The minimum Gasteiger partial charge on any atom is -0.364 e. The normalized spacial score (nSPS) is 14.7. The van der Waals surface area contributed by atoms with Crippen molar-refractivity contribution in [2.75, 3.05) is 6.54 Å². The first-order valence-electron chi connectivity index (χ1n) is 6.81. The van der Waals surface area contributed by atoms with Crippen molar-refractivity contribution in [1.29, 1.82) is 0 Å². The van der Waals surface area contributed by atoms with Crippen molar-refractivity contribution in [3.8, 4) is 0 Å². The lowest BCUT2D eigenvalue weighted by molar-refractivity contribution is 0.0992. The van der Waals surface area contributed by atoms with Gasteiger partial charge in [0, 0.05) is 26.2 Å². The van der Waals surface area contributed by atoms with E-state index in [1.807, 2.05) is 22.8 Å². The number of fused-ring (bicyclic) bond motifs is 1. The van der Waals surface area contributed by atoms with Gasteiger partial charge in [-0.15, -0.1) is 0 Å². The third-order valence-electron chi connectivity index (χ3n) is 3.69. The first kappa shape index (κ1) is 13.5. The number of carbonyl (C=O) groups excluding carboxylic acids is 1. The first-order valence-corrected chi connectivity index (χ1v) is 6.81. The molecule has 0 radical (unpaired) electrons. The van der Waals surface area contributed by atoms with Crippen molar-refractivity contribution in [1.82, 2.24) is 14.5 Å². The Labute approximate surface area is 122 Å². The van der Waals surface area contributed by atoms with Gasteiger partial charge in [-0.05, 0) is 12.3 Å². The van der Waals surface area contributed by atoms with Crippen LogP contribution in [0, 0.1) is 0 Å². The quantitative estimate of drug-likeness (QED) is 0.860. The lowest BCUT2D eigenvalue weighted by atomic mass is 10.2. The number of benzene rings is 1. The van der Waals surface area contributed by atoms with E-state index in [2.05, 4.69) is 33.7 Å².